The zero-order valence-corrected chi connectivity index (χ0v) is 14.9. The van der Waals surface area contributed by atoms with Crippen LogP contribution in [-0.4, -0.2) is 34.3 Å². The van der Waals surface area contributed by atoms with Gasteiger partial charge in [0.15, 0.2) is 22.7 Å². The summed E-state index contributed by atoms with van der Waals surface area (Å²) in [5, 5.41) is 3.01. The molecule has 0 saturated carbocycles. The molecule has 0 radical (unpaired) electrons. The minimum Gasteiger partial charge on any atom is -0.486 e. The van der Waals surface area contributed by atoms with Crippen LogP contribution in [0.5, 0.6) is 11.5 Å². The van der Waals surface area contributed by atoms with E-state index in [1.165, 1.54) is 11.8 Å². The number of pyridine rings is 1. The number of anilines is 1. The molecule has 3 aromatic rings. The summed E-state index contributed by atoms with van der Waals surface area (Å²) in [4.78, 5) is 21.1. The molecule has 0 saturated heterocycles. The lowest BCUT2D eigenvalue weighted by Gasteiger charge is -2.19. The third-order valence-electron chi connectivity index (χ3n) is 3.86. The Hall–Kier alpha value is -2.74. The average molecular weight is 371 g/mol. The van der Waals surface area contributed by atoms with E-state index in [4.69, 9.17) is 13.9 Å². The number of benzene rings is 1. The average Bonchev–Trinajstić information content (AvgIpc) is 3.08. The lowest BCUT2D eigenvalue weighted by atomic mass is 10.2. The monoisotopic (exact) mass is 371 g/mol. The Balaban J connectivity index is 1.46. The van der Waals surface area contributed by atoms with Crippen LogP contribution in [0.2, 0.25) is 0 Å². The molecule has 0 aliphatic carbocycles. The van der Waals surface area contributed by atoms with E-state index in [1.54, 1.807) is 36.5 Å². The Morgan fingerprint density at radius 2 is 2.12 bits per heavy atom. The maximum absolute atomic E-state index is 12.6. The summed E-state index contributed by atoms with van der Waals surface area (Å²) < 4.78 is 16.7. The molecule has 2 aromatic heterocycles. The number of hydrogen-bond donors (Lipinski definition) is 1. The van der Waals surface area contributed by atoms with Crippen molar-refractivity contribution in [1.29, 1.82) is 0 Å². The van der Waals surface area contributed by atoms with E-state index in [0.29, 0.717) is 53.3 Å². The van der Waals surface area contributed by atoms with Crippen molar-refractivity contribution in [2.45, 2.75) is 23.8 Å². The van der Waals surface area contributed by atoms with Crippen LogP contribution < -0.4 is 14.8 Å². The fourth-order valence-electron chi connectivity index (χ4n) is 2.59. The predicted molar refractivity (Wildman–Crippen MR) is 97.8 cm³/mol. The highest BCUT2D eigenvalue weighted by molar-refractivity contribution is 8.00. The number of fused-ring (bicyclic) bond motifs is 2. The van der Waals surface area contributed by atoms with E-state index in [9.17, 15) is 4.79 Å². The van der Waals surface area contributed by atoms with Crippen LogP contribution in [0.3, 0.4) is 0 Å². The standard InChI is InChI=1S/C18H17N3O4S/c1-2-15(26-18-21-16-13(25-18)4-3-7-19-16)17(22)20-11-5-6-12-14(10-11)24-9-8-23-12/h3-7,10,15H,2,8-9H2,1H3,(H,20,22). The summed E-state index contributed by atoms with van der Waals surface area (Å²) in [5.41, 5.74) is 1.81. The molecular formula is C18H17N3O4S. The number of thioether (sulfide) groups is 1. The Morgan fingerprint density at radius 1 is 1.27 bits per heavy atom. The molecule has 8 heteroatoms. The quantitative estimate of drug-likeness (QED) is 0.687. The lowest BCUT2D eigenvalue weighted by Crippen LogP contribution is -2.24. The summed E-state index contributed by atoms with van der Waals surface area (Å²) in [7, 11) is 0. The Bertz CT molecular complexity index is 910. The van der Waals surface area contributed by atoms with Crippen molar-refractivity contribution in [3.8, 4) is 11.5 Å². The number of hydrogen-bond acceptors (Lipinski definition) is 7. The number of carbonyl (C=O) groups excluding carboxylic acids is 1. The van der Waals surface area contributed by atoms with Crippen LogP contribution in [0.25, 0.3) is 11.2 Å². The molecule has 7 nitrogen and oxygen atoms in total. The van der Waals surface area contributed by atoms with Gasteiger partial charge in [-0.1, -0.05) is 18.7 Å². The molecule has 1 aliphatic heterocycles. The van der Waals surface area contributed by atoms with Gasteiger partial charge in [0.05, 0.1) is 5.25 Å². The summed E-state index contributed by atoms with van der Waals surface area (Å²) >= 11 is 1.28. The van der Waals surface area contributed by atoms with Gasteiger partial charge in [0.25, 0.3) is 5.22 Å². The molecule has 0 fully saturated rings. The number of aromatic nitrogens is 2. The number of rotatable bonds is 5. The minimum atomic E-state index is -0.337. The molecule has 0 spiro atoms. The van der Waals surface area contributed by atoms with Gasteiger partial charge in [-0.25, -0.2) is 4.98 Å². The zero-order chi connectivity index (χ0) is 17.9. The zero-order valence-electron chi connectivity index (χ0n) is 14.1. The van der Waals surface area contributed by atoms with E-state index < -0.39 is 0 Å². The molecule has 1 atom stereocenters. The molecular weight excluding hydrogens is 354 g/mol. The fourth-order valence-corrected chi connectivity index (χ4v) is 3.44. The highest BCUT2D eigenvalue weighted by Gasteiger charge is 2.22. The summed E-state index contributed by atoms with van der Waals surface area (Å²) in [6.45, 7) is 2.98. The van der Waals surface area contributed by atoms with Crippen molar-refractivity contribution < 1.29 is 18.7 Å². The highest BCUT2D eigenvalue weighted by Crippen LogP contribution is 2.33. The van der Waals surface area contributed by atoms with Gasteiger partial charge in [-0.3, -0.25) is 4.79 Å². The smallest absolute Gasteiger partial charge is 0.259 e. The largest absolute Gasteiger partial charge is 0.486 e. The molecule has 1 unspecified atom stereocenters. The molecule has 1 aliphatic rings. The number of ether oxygens (including phenoxy) is 2. The van der Waals surface area contributed by atoms with Gasteiger partial charge in [-0.15, -0.1) is 0 Å². The van der Waals surface area contributed by atoms with Gasteiger partial charge in [0.2, 0.25) is 5.91 Å². The Morgan fingerprint density at radius 3 is 2.92 bits per heavy atom. The third-order valence-corrected chi connectivity index (χ3v) is 5.07. The van der Waals surface area contributed by atoms with Gasteiger partial charge in [-0.05, 0) is 30.7 Å². The molecule has 26 heavy (non-hydrogen) atoms. The fraction of sp³-hybridized carbons (Fsp3) is 0.278. The van der Waals surface area contributed by atoms with Crippen LogP contribution in [0.4, 0.5) is 5.69 Å². The number of nitrogens with zero attached hydrogens (tertiary/aromatic N) is 2. The van der Waals surface area contributed by atoms with E-state index in [-0.39, 0.29) is 11.2 Å². The Labute approximate surface area is 154 Å². The molecule has 4 rings (SSSR count). The van der Waals surface area contributed by atoms with Crippen LogP contribution >= 0.6 is 11.8 Å². The first-order valence-electron chi connectivity index (χ1n) is 8.31. The normalized spacial score (nSPS) is 14.2. The van der Waals surface area contributed by atoms with Crippen molar-refractivity contribution in [3.05, 3.63) is 36.5 Å². The number of oxazole rings is 1. The van der Waals surface area contributed by atoms with E-state index in [2.05, 4.69) is 15.3 Å². The topological polar surface area (TPSA) is 86.5 Å². The maximum Gasteiger partial charge on any atom is 0.259 e. The SMILES string of the molecule is CCC(Sc1nc2ncccc2o1)C(=O)Nc1ccc2c(c1)OCCO2. The third kappa shape index (κ3) is 3.45. The molecule has 3 heterocycles. The summed E-state index contributed by atoms with van der Waals surface area (Å²) in [6, 6.07) is 8.95. The van der Waals surface area contributed by atoms with Gasteiger partial charge >= 0.3 is 0 Å². The van der Waals surface area contributed by atoms with Gasteiger partial charge in [0.1, 0.15) is 13.2 Å². The van der Waals surface area contributed by atoms with E-state index in [0.717, 1.165) is 0 Å². The minimum absolute atomic E-state index is 0.121. The number of carbonyl (C=O) groups is 1. The Kier molecular flexibility index (Phi) is 4.66. The van der Waals surface area contributed by atoms with E-state index >= 15 is 0 Å². The van der Waals surface area contributed by atoms with Gasteiger partial charge in [-0.2, -0.15) is 4.98 Å². The van der Waals surface area contributed by atoms with Crippen LogP contribution in [0, 0.1) is 0 Å². The van der Waals surface area contributed by atoms with Crippen molar-refractivity contribution >= 4 is 34.6 Å². The van der Waals surface area contributed by atoms with Crippen LogP contribution in [0.1, 0.15) is 13.3 Å². The maximum atomic E-state index is 12.6. The predicted octanol–water partition coefficient (Wildman–Crippen LogP) is 3.50. The molecule has 134 valence electrons. The number of nitrogens with one attached hydrogen (secondary N) is 1. The van der Waals surface area contributed by atoms with Crippen LogP contribution in [0.15, 0.2) is 46.2 Å². The second-order valence-electron chi connectivity index (χ2n) is 5.67. The first-order valence-corrected chi connectivity index (χ1v) is 9.19. The first-order chi connectivity index (χ1) is 12.7. The molecule has 1 N–H and O–H groups in total. The van der Waals surface area contributed by atoms with Crippen molar-refractivity contribution in [2.24, 2.45) is 0 Å². The van der Waals surface area contributed by atoms with Gasteiger partial charge in [0, 0.05) is 18.0 Å². The lowest BCUT2D eigenvalue weighted by molar-refractivity contribution is -0.115. The second kappa shape index (κ2) is 7.25. The molecule has 1 amide bonds. The summed E-state index contributed by atoms with van der Waals surface area (Å²) in [6.07, 6.45) is 2.29. The first kappa shape index (κ1) is 16.7. The molecule has 0 bridgehead atoms. The second-order valence-corrected chi connectivity index (χ2v) is 6.82. The van der Waals surface area contributed by atoms with Crippen LogP contribution in [-0.2, 0) is 4.79 Å². The van der Waals surface area contributed by atoms with Crippen molar-refractivity contribution in [1.82, 2.24) is 9.97 Å². The van der Waals surface area contributed by atoms with Crippen molar-refractivity contribution in [3.63, 3.8) is 0 Å². The van der Waals surface area contributed by atoms with Gasteiger partial charge < -0.3 is 19.2 Å². The molecule has 1 aromatic carbocycles. The summed E-state index contributed by atoms with van der Waals surface area (Å²) in [5.74, 6) is 1.21. The van der Waals surface area contributed by atoms with E-state index in [1.807, 2.05) is 6.92 Å². The highest BCUT2D eigenvalue weighted by atomic mass is 32.2. The number of amides is 1. The van der Waals surface area contributed by atoms with Crippen molar-refractivity contribution in [2.75, 3.05) is 18.5 Å².